The van der Waals surface area contributed by atoms with Crippen molar-refractivity contribution in [3.05, 3.63) is 46.3 Å². The van der Waals surface area contributed by atoms with Gasteiger partial charge in [-0.05, 0) is 31.0 Å². The van der Waals surface area contributed by atoms with E-state index in [1.807, 2.05) is 41.3 Å². The van der Waals surface area contributed by atoms with Gasteiger partial charge in [-0.3, -0.25) is 9.69 Å². The number of benzene rings is 1. The van der Waals surface area contributed by atoms with Gasteiger partial charge in [-0.15, -0.1) is 11.3 Å². The highest BCUT2D eigenvalue weighted by Crippen LogP contribution is 2.36. The summed E-state index contributed by atoms with van der Waals surface area (Å²) >= 11 is 7.87. The Morgan fingerprint density at radius 1 is 1.17 bits per heavy atom. The summed E-state index contributed by atoms with van der Waals surface area (Å²) in [6, 6.07) is 12.6. The molecule has 0 saturated carbocycles. The average Bonchev–Trinajstić information content (AvgIpc) is 3.20. The second-order valence-corrected chi connectivity index (χ2v) is 7.90. The molecule has 3 heterocycles. The Morgan fingerprint density at radius 3 is 2.83 bits per heavy atom. The van der Waals surface area contributed by atoms with Crippen molar-refractivity contribution in [2.24, 2.45) is 0 Å². The lowest BCUT2D eigenvalue weighted by Gasteiger charge is -2.37. The fraction of sp³-hybridized carbons (Fsp3) is 0.389. The third-order valence-corrected chi connectivity index (χ3v) is 6.26. The predicted molar refractivity (Wildman–Crippen MR) is 95.3 cm³/mol. The third-order valence-electron chi connectivity index (χ3n) is 4.85. The lowest BCUT2D eigenvalue weighted by molar-refractivity contribution is 0.0572. The van der Waals surface area contributed by atoms with Crippen molar-refractivity contribution in [2.45, 2.75) is 18.9 Å². The molecular formula is C18H19ClN2OS. The maximum absolute atomic E-state index is 12.9. The zero-order chi connectivity index (χ0) is 15.8. The van der Waals surface area contributed by atoms with Crippen LogP contribution >= 0.6 is 22.9 Å². The van der Waals surface area contributed by atoms with Gasteiger partial charge in [0.05, 0.1) is 5.56 Å². The number of fused-ring (bicyclic) bond motifs is 1. The molecule has 1 unspecified atom stereocenters. The molecule has 2 fully saturated rings. The number of rotatable bonds is 2. The summed E-state index contributed by atoms with van der Waals surface area (Å²) in [6.07, 6.45) is 2.46. The van der Waals surface area contributed by atoms with Gasteiger partial charge in [-0.1, -0.05) is 41.9 Å². The van der Waals surface area contributed by atoms with E-state index in [4.69, 9.17) is 11.6 Å². The molecule has 2 saturated heterocycles. The van der Waals surface area contributed by atoms with Gasteiger partial charge in [0.25, 0.3) is 5.91 Å². The number of carbonyl (C=O) groups excluding carboxylic acids is 1. The fourth-order valence-electron chi connectivity index (χ4n) is 3.61. The molecule has 1 aromatic heterocycles. The summed E-state index contributed by atoms with van der Waals surface area (Å²) in [5.74, 6) is 0.0833. The molecule has 1 aromatic carbocycles. The van der Waals surface area contributed by atoms with E-state index in [0.29, 0.717) is 15.9 Å². The fourth-order valence-corrected chi connectivity index (χ4v) is 4.87. The van der Waals surface area contributed by atoms with E-state index < -0.39 is 0 Å². The van der Waals surface area contributed by atoms with E-state index in [-0.39, 0.29) is 5.91 Å². The zero-order valence-electron chi connectivity index (χ0n) is 12.9. The lowest BCUT2D eigenvalue weighted by Crippen LogP contribution is -2.52. The number of thiophene rings is 1. The third kappa shape index (κ3) is 2.91. The van der Waals surface area contributed by atoms with Gasteiger partial charge >= 0.3 is 0 Å². The van der Waals surface area contributed by atoms with E-state index in [9.17, 15) is 4.79 Å². The first-order valence-corrected chi connectivity index (χ1v) is 9.30. The molecule has 1 atom stereocenters. The monoisotopic (exact) mass is 346 g/mol. The second-order valence-electron chi connectivity index (χ2n) is 6.25. The van der Waals surface area contributed by atoms with E-state index in [0.717, 1.165) is 30.1 Å². The summed E-state index contributed by atoms with van der Waals surface area (Å²) in [6.45, 7) is 3.82. The summed E-state index contributed by atoms with van der Waals surface area (Å²) in [5.41, 5.74) is 1.76. The van der Waals surface area contributed by atoms with Crippen LogP contribution in [0, 0.1) is 0 Å². The average molecular weight is 347 g/mol. The first kappa shape index (κ1) is 15.2. The molecule has 0 spiro atoms. The largest absolute Gasteiger partial charge is 0.336 e. The highest BCUT2D eigenvalue weighted by atomic mass is 35.5. The number of hydrogen-bond acceptors (Lipinski definition) is 3. The van der Waals surface area contributed by atoms with Gasteiger partial charge in [-0.2, -0.15) is 0 Å². The van der Waals surface area contributed by atoms with Crippen molar-refractivity contribution in [3.8, 4) is 10.4 Å². The summed E-state index contributed by atoms with van der Waals surface area (Å²) in [7, 11) is 0. The van der Waals surface area contributed by atoms with Crippen LogP contribution in [0.25, 0.3) is 10.4 Å². The van der Waals surface area contributed by atoms with Crippen LogP contribution in [0.2, 0.25) is 4.34 Å². The Kier molecular flexibility index (Phi) is 4.14. The molecule has 0 radical (unpaired) electrons. The summed E-state index contributed by atoms with van der Waals surface area (Å²) < 4.78 is 0.600. The Hall–Kier alpha value is -1.36. The standard InChI is InChI=1S/C18H19ClN2OS/c19-17-15(11-16(23-17)13-5-2-1-3-6-13)18(22)21-10-9-20-8-4-7-14(20)12-21/h1-3,5-6,11,14H,4,7-10,12H2. The molecule has 4 rings (SSSR count). The van der Waals surface area contributed by atoms with Gasteiger partial charge in [0.15, 0.2) is 0 Å². The zero-order valence-corrected chi connectivity index (χ0v) is 14.4. The number of piperazine rings is 1. The molecule has 2 aliphatic rings. The Balaban J connectivity index is 1.56. The van der Waals surface area contributed by atoms with Crippen molar-refractivity contribution >= 4 is 28.8 Å². The molecule has 0 bridgehead atoms. The van der Waals surface area contributed by atoms with E-state index in [1.165, 1.54) is 30.7 Å². The normalized spacial score (nSPS) is 21.4. The second kappa shape index (κ2) is 6.27. The summed E-state index contributed by atoms with van der Waals surface area (Å²) in [4.78, 5) is 18.4. The van der Waals surface area contributed by atoms with Crippen LogP contribution in [-0.2, 0) is 0 Å². The molecular weight excluding hydrogens is 328 g/mol. The number of hydrogen-bond donors (Lipinski definition) is 0. The maximum Gasteiger partial charge on any atom is 0.256 e. The molecule has 0 aliphatic carbocycles. The van der Waals surface area contributed by atoms with E-state index >= 15 is 0 Å². The van der Waals surface area contributed by atoms with Crippen LogP contribution in [0.1, 0.15) is 23.2 Å². The van der Waals surface area contributed by atoms with Gasteiger partial charge in [-0.25, -0.2) is 0 Å². The van der Waals surface area contributed by atoms with E-state index in [2.05, 4.69) is 4.90 Å². The van der Waals surface area contributed by atoms with Crippen LogP contribution in [0.3, 0.4) is 0 Å². The highest BCUT2D eigenvalue weighted by molar-refractivity contribution is 7.19. The van der Waals surface area contributed by atoms with Crippen LogP contribution in [-0.4, -0.2) is 47.9 Å². The minimum absolute atomic E-state index is 0.0833. The van der Waals surface area contributed by atoms with Crippen LogP contribution in [0.5, 0.6) is 0 Å². The number of nitrogens with zero attached hydrogens (tertiary/aromatic N) is 2. The molecule has 23 heavy (non-hydrogen) atoms. The van der Waals surface area contributed by atoms with Gasteiger partial charge < -0.3 is 4.90 Å². The first-order chi connectivity index (χ1) is 11.2. The quantitative estimate of drug-likeness (QED) is 0.821. The van der Waals surface area contributed by atoms with Crippen LogP contribution < -0.4 is 0 Å². The van der Waals surface area contributed by atoms with Crippen molar-refractivity contribution in [3.63, 3.8) is 0 Å². The van der Waals surface area contributed by atoms with Gasteiger partial charge in [0, 0.05) is 30.6 Å². The smallest absolute Gasteiger partial charge is 0.256 e. The Labute approximate surface area is 145 Å². The SMILES string of the molecule is O=C(c1cc(-c2ccccc2)sc1Cl)N1CCN2CCCC2C1. The van der Waals surface area contributed by atoms with Crippen molar-refractivity contribution < 1.29 is 4.79 Å². The van der Waals surface area contributed by atoms with Crippen molar-refractivity contribution in [2.75, 3.05) is 26.2 Å². The van der Waals surface area contributed by atoms with Crippen LogP contribution in [0.4, 0.5) is 0 Å². The number of carbonyl (C=O) groups is 1. The lowest BCUT2D eigenvalue weighted by atomic mass is 10.1. The highest BCUT2D eigenvalue weighted by Gasteiger charge is 2.33. The molecule has 1 amide bonds. The number of halogens is 1. The minimum atomic E-state index is 0.0833. The van der Waals surface area contributed by atoms with E-state index in [1.54, 1.807) is 0 Å². The van der Waals surface area contributed by atoms with Crippen molar-refractivity contribution in [1.29, 1.82) is 0 Å². The Bertz CT molecular complexity index is 715. The minimum Gasteiger partial charge on any atom is -0.336 e. The molecule has 0 N–H and O–H groups in total. The molecule has 5 heteroatoms. The molecule has 3 nitrogen and oxygen atoms in total. The molecule has 2 aliphatic heterocycles. The molecule has 2 aromatic rings. The maximum atomic E-state index is 12.9. The Morgan fingerprint density at radius 2 is 2.00 bits per heavy atom. The van der Waals surface area contributed by atoms with Crippen LogP contribution in [0.15, 0.2) is 36.4 Å². The summed E-state index contributed by atoms with van der Waals surface area (Å²) in [5, 5.41) is 0. The topological polar surface area (TPSA) is 23.6 Å². The van der Waals surface area contributed by atoms with Gasteiger partial charge in [0.1, 0.15) is 4.34 Å². The van der Waals surface area contributed by atoms with Gasteiger partial charge in [0.2, 0.25) is 0 Å². The predicted octanol–water partition coefficient (Wildman–Crippen LogP) is 3.99. The van der Waals surface area contributed by atoms with Crippen molar-refractivity contribution in [1.82, 2.24) is 9.80 Å². The first-order valence-electron chi connectivity index (χ1n) is 8.10. The number of amides is 1. The molecule has 120 valence electrons.